The number of ether oxygens (including phenoxy) is 2. The fourth-order valence-electron chi connectivity index (χ4n) is 1.87. The van der Waals surface area contributed by atoms with E-state index in [0.717, 1.165) is 13.1 Å². The van der Waals surface area contributed by atoms with E-state index in [1.807, 2.05) is 0 Å². The Balaban J connectivity index is 2.00. The van der Waals surface area contributed by atoms with Gasteiger partial charge in [0.2, 0.25) is 0 Å². The van der Waals surface area contributed by atoms with Crippen molar-refractivity contribution in [1.82, 2.24) is 5.32 Å². The first-order chi connectivity index (χ1) is 8.68. The Kier molecular flexibility index (Phi) is 4.11. The number of morpholine rings is 1. The molecule has 2 rings (SSSR count). The summed E-state index contributed by atoms with van der Waals surface area (Å²) in [6, 6.07) is 4.83. The van der Waals surface area contributed by atoms with Crippen molar-refractivity contribution in [2.75, 3.05) is 26.3 Å². The van der Waals surface area contributed by atoms with Gasteiger partial charge in [0, 0.05) is 19.2 Å². The minimum Gasteiger partial charge on any atom is -0.490 e. The molecule has 1 fully saturated rings. The van der Waals surface area contributed by atoms with Crippen molar-refractivity contribution in [2.24, 2.45) is 0 Å². The van der Waals surface area contributed by atoms with Crippen molar-refractivity contribution >= 4 is 5.69 Å². The van der Waals surface area contributed by atoms with Gasteiger partial charge in [0.25, 0.3) is 5.69 Å². The van der Waals surface area contributed by atoms with E-state index in [9.17, 15) is 10.1 Å². The zero-order chi connectivity index (χ0) is 13.0. The second kappa shape index (κ2) is 5.79. The van der Waals surface area contributed by atoms with Crippen LogP contribution in [0.25, 0.3) is 0 Å². The molecule has 1 unspecified atom stereocenters. The summed E-state index contributed by atoms with van der Waals surface area (Å²) in [5, 5.41) is 14.0. The van der Waals surface area contributed by atoms with Crippen LogP contribution in [0.15, 0.2) is 18.2 Å². The minimum atomic E-state index is -0.402. The molecular formula is C12H16N2O4. The van der Waals surface area contributed by atoms with Gasteiger partial charge >= 0.3 is 0 Å². The number of nitro benzene ring substituents is 1. The number of hydrogen-bond donors (Lipinski definition) is 1. The molecule has 1 atom stereocenters. The van der Waals surface area contributed by atoms with Crippen molar-refractivity contribution in [3.05, 3.63) is 33.9 Å². The molecule has 98 valence electrons. The fraction of sp³-hybridized carbons (Fsp3) is 0.500. The molecule has 1 aliphatic heterocycles. The summed E-state index contributed by atoms with van der Waals surface area (Å²) in [4.78, 5) is 10.4. The highest BCUT2D eigenvalue weighted by Crippen LogP contribution is 2.27. The van der Waals surface area contributed by atoms with Gasteiger partial charge in [-0.1, -0.05) is 6.07 Å². The Bertz CT molecular complexity index is 430. The summed E-state index contributed by atoms with van der Waals surface area (Å²) in [7, 11) is 0. The monoisotopic (exact) mass is 252 g/mol. The smallest absolute Gasteiger partial charge is 0.276 e. The Hall–Kier alpha value is -1.66. The molecule has 1 aliphatic rings. The highest BCUT2D eigenvalue weighted by molar-refractivity contribution is 5.48. The zero-order valence-electron chi connectivity index (χ0n) is 10.2. The van der Waals surface area contributed by atoms with E-state index in [4.69, 9.17) is 9.47 Å². The van der Waals surface area contributed by atoms with E-state index in [1.54, 1.807) is 19.1 Å². The maximum absolute atomic E-state index is 10.8. The molecule has 1 N–H and O–H groups in total. The van der Waals surface area contributed by atoms with Crippen molar-refractivity contribution < 1.29 is 14.4 Å². The standard InChI is InChI=1S/C12H16N2O4/c1-9-11(14(15)16)3-2-4-12(9)18-8-10-7-13-5-6-17-10/h2-4,10,13H,5-8H2,1H3. The molecule has 0 aromatic heterocycles. The Labute approximate surface area is 105 Å². The van der Waals surface area contributed by atoms with Crippen LogP contribution in [-0.4, -0.2) is 37.3 Å². The highest BCUT2D eigenvalue weighted by Gasteiger charge is 2.17. The molecular weight excluding hydrogens is 236 g/mol. The van der Waals surface area contributed by atoms with Crippen LogP contribution >= 0.6 is 0 Å². The van der Waals surface area contributed by atoms with E-state index < -0.39 is 4.92 Å². The number of hydrogen-bond acceptors (Lipinski definition) is 5. The lowest BCUT2D eigenvalue weighted by molar-refractivity contribution is -0.385. The van der Waals surface area contributed by atoms with E-state index in [-0.39, 0.29) is 11.8 Å². The van der Waals surface area contributed by atoms with Crippen LogP contribution in [0.4, 0.5) is 5.69 Å². The van der Waals surface area contributed by atoms with Gasteiger partial charge < -0.3 is 14.8 Å². The van der Waals surface area contributed by atoms with E-state index in [2.05, 4.69) is 5.32 Å². The predicted octanol–water partition coefficient (Wildman–Crippen LogP) is 1.27. The number of benzene rings is 1. The van der Waals surface area contributed by atoms with Gasteiger partial charge in [-0.15, -0.1) is 0 Å². The lowest BCUT2D eigenvalue weighted by Gasteiger charge is -2.23. The lowest BCUT2D eigenvalue weighted by atomic mass is 10.2. The molecule has 6 nitrogen and oxygen atoms in total. The van der Waals surface area contributed by atoms with Crippen molar-refractivity contribution in [2.45, 2.75) is 13.0 Å². The second-order valence-corrected chi connectivity index (χ2v) is 4.17. The van der Waals surface area contributed by atoms with Crippen molar-refractivity contribution in [1.29, 1.82) is 0 Å². The summed E-state index contributed by atoms with van der Waals surface area (Å²) >= 11 is 0. The molecule has 1 aromatic rings. The van der Waals surface area contributed by atoms with Gasteiger partial charge in [-0.3, -0.25) is 10.1 Å². The Morgan fingerprint density at radius 2 is 2.44 bits per heavy atom. The summed E-state index contributed by atoms with van der Waals surface area (Å²) in [5.74, 6) is 0.540. The third-order valence-corrected chi connectivity index (χ3v) is 2.88. The molecule has 0 spiro atoms. The van der Waals surface area contributed by atoms with E-state index in [1.165, 1.54) is 6.07 Å². The van der Waals surface area contributed by atoms with Gasteiger partial charge in [-0.2, -0.15) is 0 Å². The molecule has 0 aliphatic carbocycles. The minimum absolute atomic E-state index is 0.00240. The largest absolute Gasteiger partial charge is 0.490 e. The number of nitrogens with zero attached hydrogens (tertiary/aromatic N) is 1. The van der Waals surface area contributed by atoms with Gasteiger partial charge in [0.15, 0.2) is 0 Å². The Morgan fingerprint density at radius 1 is 1.61 bits per heavy atom. The molecule has 0 saturated carbocycles. The third-order valence-electron chi connectivity index (χ3n) is 2.88. The lowest BCUT2D eigenvalue weighted by Crippen LogP contribution is -2.41. The van der Waals surface area contributed by atoms with Crippen LogP contribution in [0, 0.1) is 17.0 Å². The maximum Gasteiger partial charge on any atom is 0.276 e. The molecule has 18 heavy (non-hydrogen) atoms. The van der Waals surface area contributed by atoms with Crippen LogP contribution in [-0.2, 0) is 4.74 Å². The van der Waals surface area contributed by atoms with Crippen molar-refractivity contribution in [3.63, 3.8) is 0 Å². The maximum atomic E-state index is 10.8. The topological polar surface area (TPSA) is 73.6 Å². The first-order valence-electron chi connectivity index (χ1n) is 5.87. The summed E-state index contributed by atoms with van der Waals surface area (Å²) in [6.45, 7) is 4.35. The number of rotatable bonds is 4. The van der Waals surface area contributed by atoms with Crippen LogP contribution in [0.5, 0.6) is 5.75 Å². The van der Waals surface area contributed by atoms with Crippen LogP contribution < -0.4 is 10.1 Å². The van der Waals surface area contributed by atoms with Crippen LogP contribution in [0.1, 0.15) is 5.56 Å². The van der Waals surface area contributed by atoms with Gasteiger partial charge in [0.05, 0.1) is 17.1 Å². The molecule has 1 heterocycles. The molecule has 0 radical (unpaired) electrons. The van der Waals surface area contributed by atoms with E-state index >= 15 is 0 Å². The highest BCUT2D eigenvalue weighted by atomic mass is 16.6. The average molecular weight is 252 g/mol. The Morgan fingerprint density at radius 3 is 3.11 bits per heavy atom. The number of nitro groups is 1. The zero-order valence-corrected chi connectivity index (χ0v) is 10.2. The van der Waals surface area contributed by atoms with Crippen molar-refractivity contribution in [3.8, 4) is 5.75 Å². The predicted molar refractivity (Wildman–Crippen MR) is 65.9 cm³/mol. The first kappa shape index (κ1) is 12.8. The SMILES string of the molecule is Cc1c(OCC2CNCCO2)cccc1[N+](=O)[O-]. The molecule has 6 heteroatoms. The summed E-state index contributed by atoms with van der Waals surface area (Å²) in [6.07, 6.45) is -0.00240. The van der Waals surface area contributed by atoms with Gasteiger partial charge in [0.1, 0.15) is 18.5 Å². The van der Waals surface area contributed by atoms with Crippen LogP contribution in [0.2, 0.25) is 0 Å². The number of nitrogens with one attached hydrogen (secondary N) is 1. The fourth-order valence-corrected chi connectivity index (χ4v) is 1.87. The molecule has 0 amide bonds. The normalized spacial score (nSPS) is 19.5. The molecule has 1 aromatic carbocycles. The summed E-state index contributed by atoms with van der Waals surface area (Å²) in [5.41, 5.74) is 0.626. The van der Waals surface area contributed by atoms with Gasteiger partial charge in [-0.05, 0) is 13.0 Å². The molecule has 0 bridgehead atoms. The second-order valence-electron chi connectivity index (χ2n) is 4.17. The average Bonchev–Trinajstić information content (AvgIpc) is 2.38. The van der Waals surface area contributed by atoms with Gasteiger partial charge in [-0.25, -0.2) is 0 Å². The van der Waals surface area contributed by atoms with E-state index in [0.29, 0.717) is 24.5 Å². The quantitative estimate of drug-likeness (QED) is 0.645. The third kappa shape index (κ3) is 2.96. The molecule has 1 saturated heterocycles. The summed E-state index contributed by atoms with van der Waals surface area (Å²) < 4.78 is 11.1. The van der Waals surface area contributed by atoms with Crippen LogP contribution in [0.3, 0.4) is 0 Å². The first-order valence-corrected chi connectivity index (χ1v) is 5.87.